The maximum atomic E-state index is 12.1. The second-order valence-electron chi connectivity index (χ2n) is 5.79. The largest absolute Gasteiger partial charge is 0.999 e. The molecule has 0 saturated heterocycles. The van der Waals surface area contributed by atoms with Gasteiger partial charge < -0.3 is 121 Å². The fourth-order valence-corrected chi connectivity index (χ4v) is 5.85. The van der Waals surface area contributed by atoms with Crippen LogP contribution in [0, 0.1) is 97.1 Å². The first kappa shape index (κ1) is 38.2. The average molecular weight is 780 g/mol. The summed E-state index contributed by atoms with van der Waals surface area (Å²) in [5.41, 5.74) is 0. The van der Waals surface area contributed by atoms with E-state index in [0.29, 0.717) is 22.5 Å². The van der Waals surface area contributed by atoms with Crippen molar-refractivity contribution in [3.8, 4) is 0 Å². The van der Waals surface area contributed by atoms with Gasteiger partial charge in [0, 0.05) is 0 Å². The molecule has 0 aliphatic rings. The van der Waals surface area contributed by atoms with Crippen molar-refractivity contribution in [3.63, 3.8) is 0 Å². The monoisotopic (exact) mass is 782 g/mol. The Morgan fingerprint density at radius 1 is 0.447 bits per heavy atom. The van der Waals surface area contributed by atoms with Gasteiger partial charge in [0.1, 0.15) is 0 Å². The quantitative estimate of drug-likeness (QED) is 0.200. The zero-order valence-electron chi connectivity index (χ0n) is 19.6. The third-order valence-corrected chi connectivity index (χ3v) is 8.37. The zero-order valence-corrected chi connectivity index (χ0v) is 27.5. The van der Waals surface area contributed by atoms with Gasteiger partial charge in [-0.1, -0.05) is 0 Å². The van der Waals surface area contributed by atoms with Crippen LogP contribution in [0.2, 0.25) is 0 Å². The second kappa shape index (κ2) is 29.6. The van der Waals surface area contributed by atoms with Crippen molar-refractivity contribution in [2.75, 3.05) is 0 Å². The standard InChI is InChI=1S/2C6H5.4C5H.2Fe.2O.2Sn/c2*1-2-4-6-5-3-1;4*1-2-4-5-3-1;;;;;;/h2*1-5H;4*1H;;;;;;/q;;4*-5;2*+2;;;;. The van der Waals surface area contributed by atoms with Crippen LogP contribution in [0.4, 0.5) is 0 Å². The molecule has 0 aliphatic carbocycles. The van der Waals surface area contributed by atoms with Crippen LogP contribution in [0.15, 0.2) is 84.9 Å². The smallest absolute Gasteiger partial charge is 0.800 e. The predicted octanol–water partition coefficient (Wildman–Crippen LogP) is 3.14. The molecule has 0 atom stereocenters. The Kier molecular flexibility index (Phi) is 29.8. The molecule has 0 spiro atoms. The fraction of sp³-hybridized carbons (Fsp3) is 0. The topological polar surface area (TPSA) is 34.1 Å². The summed E-state index contributed by atoms with van der Waals surface area (Å²) in [4.78, 5) is 0. The van der Waals surface area contributed by atoms with E-state index in [1.54, 1.807) is 24.3 Å². The maximum absolute atomic E-state index is 12.1. The molecule has 0 amide bonds. The minimum absolute atomic E-state index is 0. The fourth-order valence-electron chi connectivity index (χ4n) is 2.07. The third-order valence-electron chi connectivity index (χ3n) is 3.48. The van der Waals surface area contributed by atoms with E-state index in [1.165, 1.54) is 0 Å². The number of rotatable bonds is 2. The molecule has 0 unspecified atom stereocenters. The molecule has 6 aromatic rings. The molecule has 0 fully saturated rings. The van der Waals surface area contributed by atoms with Crippen molar-refractivity contribution < 1.29 is 40.3 Å². The van der Waals surface area contributed by atoms with Crippen LogP contribution in [0.25, 0.3) is 0 Å². The normalized spacial score (nSPS) is 7.89. The molecule has 6 heteroatoms. The van der Waals surface area contributed by atoms with Crippen LogP contribution in [0.1, 0.15) is 0 Å². The molecule has 0 saturated carbocycles. The molecule has 2 nitrogen and oxygen atoms in total. The summed E-state index contributed by atoms with van der Waals surface area (Å²) in [5, 5.41) is 0. The van der Waals surface area contributed by atoms with Crippen LogP contribution in [-0.2, 0) is 40.3 Å². The molecule has 0 N–H and O–H groups in total. The summed E-state index contributed by atoms with van der Waals surface area (Å²) in [7, 11) is 0. The van der Waals surface area contributed by atoms with Crippen molar-refractivity contribution in [3.05, 3.63) is 182 Å². The maximum Gasteiger partial charge on any atom is -0.800 e. The first-order valence-electron chi connectivity index (χ1n) is 10.0. The Labute approximate surface area is 269 Å². The van der Waals surface area contributed by atoms with E-state index in [-0.39, 0.29) is 34.1 Å². The minimum atomic E-state index is -2.75. The van der Waals surface area contributed by atoms with E-state index in [0.717, 1.165) is 7.16 Å². The van der Waals surface area contributed by atoms with Crippen molar-refractivity contribution in [1.29, 1.82) is 0 Å². The molecule has 6 rings (SSSR count). The van der Waals surface area contributed by atoms with E-state index in [4.69, 9.17) is 3.08 Å². The first-order valence-corrected chi connectivity index (χ1v) is 15.2. The van der Waals surface area contributed by atoms with Crippen molar-refractivity contribution in [2.45, 2.75) is 0 Å². The third kappa shape index (κ3) is 21.1. The molecule has 0 aromatic heterocycles. The number of hydrogen-bond acceptors (Lipinski definition) is 2. The van der Waals surface area contributed by atoms with Gasteiger partial charge in [-0.15, -0.1) is 0 Å². The minimum Gasteiger partial charge on any atom is -0.999 e. The summed E-state index contributed by atoms with van der Waals surface area (Å²) < 4.78 is 22.5. The van der Waals surface area contributed by atoms with E-state index in [9.17, 15) is 3.08 Å². The van der Waals surface area contributed by atoms with Gasteiger partial charge >= 0.3 is 150 Å². The average Bonchev–Trinajstić information content (AvgIpc) is 3.82. The van der Waals surface area contributed by atoms with Crippen LogP contribution in [0.5, 0.6) is 0 Å². The van der Waals surface area contributed by atoms with E-state index < -0.39 is 19.7 Å². The zero-order chi connectivity index (χ0) is 25.9. The molecule has 38 heavy (non-hydrogen) atoms. The van der Waals surface area contributed by atoms with Gasteiger partial charge in [0.2, 0.25) is 0 Å². The van der Waals surface area contributed by atoms with E-state index in [1.807, 2.05) is 60.7 Å². The summed E-state index contributed by atoms with van der Waals surface area (Å²) in [6.45, 7) is 0. The predicted molar refractivity (Wildman–Crippen MR) is 135 cm³/mol. The molecule has 0 bridgehead atoms. The van der Waals surface area contributed by atoms with Crippen LogP contribution < -0.4 is 7.16 Å². The molecular formula is C32H14Fe2O2Sn2-16. The molecule has 2 radical (unpaired) electrons. The summed E-state index contributed by atoms with van der Waals surface area (Å²) in [5.74, 6) is 0. The molecule has 6 aromatic carbocycles. The molecular weight excluding hydrogens is 765 g/mol. The Morgan fingerprint density at radius 2 is 0.658 bits per heavy atom. The van der Waals surface area contributed by atoms with Gasteiger partial charge in [0.05, 0.1) is 0 Å². The molecule has 0 heterocycles. The SMILES string of the molecule is [Fe+2].[Fe+2].[O]=[Sn].[O]=[Sn]([c]1ccccc1)[c]1ccccc1.[c-]1[c-][c-][cH-][c-]1.[c-]1[c-][c-][cH-][c-]1.[c-]1[c-][c-][cH-][c-]1.[c-]1[c-][c-][cH-][c-]1. The number of benzene rings is 2. The van der Waals surface area contributed by atoms with Crippen molar-refractivity contribution in [2.24, 2.45) is 0 Å². The Balaban J connectivity index is 0. The summed E-state index contributed by atoms with van der Waals surface area (Å²) in [6, 6.07) is 67.5. The van der Waals surface area contributed by atoms with Gasteiger partial charge in [-0.3, -0.25) is 0 Å². The summed E-state index contributed by atoms with van der Waals surface area (Å²) in [6.07, 6.45) is 0. The van der Waals surface area contributed by atoms with Gasteiger partial charge in [-0.2, -0.15) is 0 Å². The molecule has 194 valence electrons. The van der Waals surface area contributed by atoms with Gasteiger partial charge in [-0.05, 0) is 0 Å². The van der Waals surface area contributed by atoms with Crippen LogP contribution >= 0.6 is 0 Å². The van der Waals surface area contributed by atoms with Crippen LogP contribution in [-0.4, -0.2) is 42.3 Å². The van der Waals surface area contributed by atoms with Crippen molar-refractivity contribution >= 4 is 49.4 Å². The van der Waals surface area contributed by atoms with Gasteiger partial charge in [0.15, 0.2) is 0 Å². The van der Waals surface area contributed by atoms with Gasteiger partial charge in [0.25, 0.3) is 0 Å². The van der Waals surface area contributed by atoms with E-state index in [2.05, 4.69) is 97.1 Å². The summed E-state index contributed by atoms with van der Waals surface area (Å²) >= 11 is -2.45. The second-order valence-corrected chi connectivity index (χ2v) is 11.0. The van der Waals surface area contributed by atoms with E-state index >= 15 is 0 Å². The Hall–Kier alpha value is -1.92. The molecule has 0 aliphatic heterocycles. The first-order chi connectivity index (χ1) is 17.9. The Bertz CT molecular complexity index is 942. The Morgan fingerprint density at radius 3 is 0.816 bits per heavy atom. The van der Waals surface area contributed by atoms with Crippen molar-refractivity contribution in [1.82, 2.24) is 0 Å². The van der Waals surface area contributed by atoms with Gasteiger partial charge in [-0.25, -0.2) is 0 Å². The number of hydrogen-bond donors (Lipinski definition) is 0. The van der Waals surface area contributed by atoms with Crippen LogP contribution in [0.3, 0.4) is 0 Å².